The molecule has 1 saturated carbocycles. The lowest BCUT2D eigenvalue weighted by Crippen LogP contribution is -2.50. The van der Waals surface area contributed by atoms with E-state index < -0.39 is 0 Å². The molecule has 0 aromatic heterocycles. The van der Waals surface area contributed by atoms with Gasteiger partial charge in [-0.25, -0.2) is 0 Å². The van der Waals surface area contributed by atoms with Crippen LogP contribution in [-0.2, 0) is 9.53 Å². The molecule has 0 radical (unpaired) electrons. The van der Waals surface area contributed by atoms with Gasteiger partial charge in [0, 0.05) is 25.6 Å². The van der Waals surface area contributed by atoms with Crippen LogP contribution in [0.3, 0.4) is 0 Å². The molecular weight excluding hydrogens is 240 g/mol. The summed E-state index contributed by atoms with van der Waals surface area (Å²) in [6.45, 7) is 2.58. The summed E-state index contributed by atoms with van der Waals surface area (Å²) in [6, 6.07) is 0. The summed E-state index contributed by atoms with van der Waals surface area (Å²) in [4.78, 5) is 14.2. The van der Waals surface area contributed by atoms with Crippen LogP contribution in [0.2, 0.25) is 0 Å². The van der Waals surface area contributed by atoms with Crippen LogP contribution in [0.25, 0.3) is 0 Å². The third-order valence-corrected chi connectivity index (χ3v) is 3.67. The van der Waals surface area contributed by atoms with Crippen molar-refractivity contribution in [1.29, 1.82) is 0 Å². The highest BCUT2D eigenvalue weighted by molar-refractivity contribution is 5.85. The first kappa shape index (κ1) is 14.7. The van der Waals surface area contributed by atoms with E-state index in [9.17, 15) is 4.79 Å². The van der Waals surface area contributed by atoms with Crippen LogP contribution in [0, 0.1) is 5.92 Å². The Kier molecular flexibility index (Phi) is 6.23. The average molecular weight is 263 g/mol. The Labute approximate surface area is 109 Å². The number of hydrogen-bond acceptors (Lipinski definition) is 3. The molecule has 2 fully saturated rings. The van der Waals surface area contributed by atoms with Crippen molar-refractivity contribution in [2.24, 2.45) is 11.7 Å². The number of nitrogens with two attached hydrogens (primary N) is 1. The SMILES string of the molecule is Cl.NCC1CN(C(=O)C2CCCCC2)CCO1. The number of hydrogen-bond donors (Lipinski definition) is 1. The first-order valence-electron chi connectivity index (χ1n) is 6.41. The van der Waals surface area contributed by atoms with Crippen LogP contribution in [0.1, 0.15) is 32.1 Å². The summed E-state index contributed by atoms with van der Waals surface area (Å²) >= 11 is 0. The molecule has 1 unspecified atom stereocenters. The highest BCUT2D eigenvalue weighted by atomic mass is 35.5. The zero-order chi connectivity index (χ0) is 11.4. The summed E-state index contributed by atoms with van der Waals surface area (Å²) in [5.41, 5.74) is 5.58. The topological polar surface area (TPSA) is 55.6 Å². The van der Waals surface area contributed by atoms with Gasteiger partial charge in [-0.2, -0.15) is 0 Å². The smallest absolute Gasteiger partial charge is 0.225 e. The van der Waals surface area contributed by atoms with E-state index in [1.54, 1.807) is 0 Å². The number of rotatable bonds is 2. The second-order valence-electron chi connectivity index (χ2n) is 4.85. The Morgan fingerprint density at radius 1 is 1.29 bits per heavy atom. The quantitative estimate of drug-likeness (QED) is 0.813. The van der Waals surface area contributed by atoms with Crippen molar-refractivity contribution < 1.29 is 9.53 Å². The largest absolute Gasteiger partial charge is 0.373 e. The summed E-state index contributed by atoms with van der Waals surface area (Å²) in [5.74, 6) is 0.603. The highest BCUT2D eigenvalue weighted by Crippen LogP contribution is 2.25. The number of nitrogens with zero attached hydrogens (tertiary/aromatic N) is 1. The van der Waals surface area contributed by atoms with Crippen molar-refractivity contribution in [3.05, 3.63) is 0 Å². The molecule has 1 aliphatic carbocycles. The van der Waals surface area contributed by atoms with Crippen LogP contribution in [0.4, 0.5) is 0 Å². The van der Waals surface area contributed by atoms with Crippen LogP contribution in [0.15, 0.2) is 0 Å². The van der Waals surface area contributed by atoms with E-state index >= 15 is 0 Å². The molecule has 0 bridgehead atoms. The van der Waals surface area contributed by atoms with Crippen molar-refractivity contribution in [1.82, 2.24) is 4.90 Å². The van der Waals surface area contributed by atoms with Gasteiger partial charge in [-0.15, -0.1) is 12.4 Å². The Hall–Kier alpha value is -0.320. The lowest BCUT2D eigenvalue weighted by molar-refractivity contribution is -0.143. The second-order valence-corrected chi connectivity index (χ2v) is 4.85. The first-order chi connectivity index (χ1) is 7.81. The zero-order valence-electron chi connectivity index (χ0n) is 10.3. The van der Waals surface area contributed by atoms with Crippen molar-refractivity contribution in [2.75, 3.05) is 26.2 Å². The van der Waals surface area contributed by atoms with E-state index in [0.29, 0.717) is 25.6 Å². The number of ether oxygens (including phenoxy) is 1. The highest BCUT2D eigenvalue weighted by Gasteiger charge is 2.29. The number of amides is 1. The predicted octanol–water partition coefficient (Wildman–Crippen LogP) is 1.17. The number of carbonyl (C=O) groups is 1. The molecule has 100 valence electrons. The maximum Gasteiger partial charge on any atom is 0.225 e. The van der Waals surface area contributed by atoms with E-state index in [2.05, 4.69) is 0 Å². The van der Waals surface area contributed by atoms with Gasteiger partial charge in [-0.05, 0) is 12.8 Å². The van der Waals surface area contributed by atoms with Crippen molar-refractivity contribution in [3.63, 3.8) is 0 Å². The van der Waals surface area contributed by atoms with Crippen molar-refractivity contribution in [2.45, 2.75) is 38.2 Å². The average Bonchev–Trinajstić information content (AvgIpc) is 2.39. The molecule has 1 heterocycles. The molecule has 0 aromatic carbocycles. The fraction of sp³-hybridized carbons (Fsp3) is 0.917. The van der Waals surface area contributed by atoms with Gasteiger partial charge < -0.3 is 15.4 Å². The molecule has 4 nitrogen and oxygen atoms in total. The monoisotopic (exact) mass is 262 g/mol. The minimum atomic E-state index is 0. The van der Waals surface area contributed by atoms with Crippen LogP contribution in [0.5, 0.6) is 0 Å². The van der Waals surface area contributed by atoms with E-state index in [1.165, 1.54) is 19.3 Å². The first-order valence-corrected chi connectivity index (χ1v) is 6.41. The molecule has 5 heteroatoms. The van der Waals surface area contributed by atoms with Gasteiger partial charge in [0.2, 0.25) is 5.91 Å². The van der Waals surface area contributed by atoms with Crippen molar-refractivity contribution in [3.8, 4) is 0 Å². The third-order valence-electron chi connectivity index (χ3n) is 3.67. The maximum atomic E-state index is 12.2. The fourth-order valence-electron chi connectivity index (χ4n) is 2.67. The van der Waals surface area contributed by atoms with Gasteiger partial charge in [-0.1, -0.05) is 19.3 Å². The predicted molar refractivity (Wildman–Crippen MR) is 69.2 cm³/mol. The summed E-state index contributed by atoms with van der Waals surface area (Å²) in [7, 11) is 0. The second kappa shape index (κ2) is 7.19. The molecule has 1 amide bonds. The van der Waals surface area contributed by atoms with Crippen LogP contribution >= 0.6 is 12.4 Å². The van der Waals surface area contributed by atoms with Crippen LogP contribution < -0.4 is 5.73 Å². The van der Waals surface area contributed by atoms with Crippen LogP contribution in [-0.4, -0.2) is 43.2 Å². The van der Waals surface area contributed by atoms with E-state index in [4.69, 9.17) is 10.5 Å². The summed E-state index contributed by atoms with van der Waals surface area (Å²) in [6.07, 6.45) is 5.90. The van der Waals surface area contributed by atoms with E-state index in [1.807, 2.05) is 4.90 Å². The Morgan fingerprint density at radius 2 is 2.00 bits per heavy atom. The molecular formula is C12H23ClN2O2. The van der Waals surface area contributed by atoms with E-state index in [-0.39, 0.29) is 24.4 Å². The molecule has 0 aromatic rings. The molecule has 17 heavy (non-hydrogen) atoms. The Balaban J connectivity index is 0.00000144. The molecule has 2 aliphatic rings. The molecule has 1 saturated heterocycles. The lowest BCUT2D eigenvalue weighted by Gasteiger charge is -2.35. The number of halogens is 1. The van der Waals surface area contributed by atoms with Gasteiger partial charge in [0.05, 0.1) is 12.7 Å². The molecule has 2 N–H and O–H groups in total. The molecule has 1 aliphatic heterocycles. The van der Waals surface area contributed by atoms with Crippen molar-refractivity contribution >= 4 is 18.3 Å². The van der Waals surface area contributed by atoms with Gasteiger partial charge in [0.25, 0.3) is 0 Å². The Bertz CT molecular complexity index is 245. The number of morpholine rings is 1. The van der Waals surface area contributed by atoms with Gasteiger partial charge in [0.1, 0.15) is 0 Å². The third kappa shape index (κ3) is 3.83. The number of carbonyl (C=O) groups excluding carboxylic acids is 1. The lowest BCUT2D eigenvalue weighted by atomic mass is 9.88. The molecule has 0 spiro atoms. The zero-order valence-corrected chi connectivity index (χ0v) is 11.1. The fourth-order valence-corrected chi connectivity index (χ4v) is 2.67. The van der Waals surface area contributed by atoms with E-state index in [0.717, 1.165) is 19.4 Å². The van der Waals surface area contributed by atoms with Gasteiger partial charge in [-0.3, -0.25) is 4.79 Å². The van der Waals surface area contributed by atoms with Gasteiger partial charge in [0.15, 0.2) is 0 Å². The summed E-state index contributed by atoms with van der Waals surface area (Å²) < 4.78 is 5.48. The minimum absolute atomic E-state index is 0. The molecule has 1 atom stereocenters. The summed E-state index contributed by atoms with van der Waals surface area (Å²) in [5, 5.41) is 0. The minimum Gasteiger partial charge on any atom is -0.373 e. The molecule has 2 rings (SSSR count). The normalized spacial score (nSPS) is 26.4. The Morgan fingerprint density at radius 3 is 2.65 bits per heavy atom. The standard InChI is InChI=1S/C12H22N2O2.ClH/c13-8-11-9-14(6-7-16-11)12(15)10-4-2-1-3-5-10;/h10-11H,1-9,13H2;1H. The van der Waals surface area contributed by atoms with Gasteiger partial charge >= 0.3 is 0 Å². The maximum absolute atomic E-state index is 12.2.